The van der Waals surface area contributed by atoms with Gasteiger partial charge in [0.05, 0.1) is 7.11 Å². The Kier molecular flexibility index (Phi) is 2.12. The molecule has 7 heteroatoms. The molecule has 0 aromatic heterocycles. The van der Waals surface area contributed by atoms with Crippen LogP contribution in [-0.4, -0.2) is 46.7 Å². The van der Waals surface area contributed by atoms with E-state index in [1.165, 1.54) is 0 Å². The van der Waals surface area contributed by atoms with Gasteiger partial charge in [-0.25, -0.2) is 18.4 Å². The fourth-order valence-corrected chi connectivity index (χ4v) is 2.78. The largest absolute Gasteiger partial charge is 0.467 e. The summed E-state index contributed by atoms with van der Waals surface area (Å²) in [6.45, 7) is 0. The summed E-state index contributed by atoms with van der Waals surface area (Å²) in [6.07, 6.45) is -2.17. The summed E-state index contributed by atoms with van der Waals surface area (Å²) >= 11 is 0. The summed E-state index contributed by atoms with van der Waals surface area (Å²) < 4.78 is 31.4. The van der Waals surface area contributed by atoms with Gasteiger partial charge >= 0.3 is 12.1 Å². The molecule has 0 radical (unpaired) electrons. The summed E-state index contributed by atoms with van der Waals surface area (Å²) in [7, 11) is 1.07. The van der Waals surface area contributed by atoms with Crippen LogP contribution in [0.25, 0.3) is 0 Å². The highest BCUT2D eigenvalue weighted by molar-refractivity contribution is 5.87. The fourth-order valence-electron chi connectivity index (χ4n) is 2.78. The molecule has 0 saturated carbocycles. The Labute approximate surface area is 90.0 Å². The van der Waals surface area contributed by atoms with Crippen LogP contribution >= 0.6 is 0 Å². The van der Waals surface area contributed by atoms with Gasteiger partial charge in [0.25, 0.3) is 5.92 Å². The summed E-state index contributed by atoms with van der Waals surface area (Å²) in [6, 6.07) is -1.40. The van der Waals surface area contributed by atoms with Crippen molar-refractivity contribution in [2.24, 2.45) is 0 Å². The Morgan fingerprint density at radius 2 is 2.12 bits per heavy atom. The van der Waals surface area contributed by atoms with Gasteiger partial charge in [0.1, 0.15) is 11.6 Å². The molecule has 2 atom stereocenters. The summed E-state index contributed by atoms with van der Waals surface area (Å²) in [4.78, 5) is 23.1. The van der Waals surface area contributed by atoms with E-state index in [1.54, 1.807) is 0 Å². The van der Waals surface area contributed by atoms with E-state index < -0.39 is 36.0 Å². The number of hydrogen-bond donors (Lipinski definition) is 1. The van der Waals surface area contributed by atoms with Gasteiger partial charge in [0.15, 0.2) is 0 Å². The molecule has 1 amide bonds. The molecular formula is C9H11F2NO4. The lowest BCUT2D eigenvalue weighted by molar-refractivity contribution is -0.152. The zero-order chi connectivity index (χ0) is 12.1. The number of hydrogen-bond acceptors (Lipinski definition) is 3. The quantitative estimate of drug-likeness (QED) is 0.690. The maximum atomic E-state index is 13.5. The number of carbonyl (C=O) groups excluding carboxylic acids is 1. The third-order valence-electron chi connectivity index (χ3n) is 3.39. The topological polar surface area (TPSA) is 66.8 Å². The first-order valence-corrected chi connectivity index (χ1v) is 4.84. The first-order chi connectivity index (χ1) is 7.35. The Morgan fingerprint density at radius 3 is 2.56 bits per heavy atom. The average Bonchev–Trinajstić information content (AvgIpc) is 2.66. The monoisotopic (exact) mass is 235 g/mol. The summed E-state index contributed by atoms with van der Waals surface area (Å²) in [5, 5.41) is 8.92. The first kappa shape index (κ1) is 11.1. The Bertz CT molecular complexity index is 359. The van der Waals surface area contributed by atoms with Crippen LogP contribution in [0.4, 0.5) is 13.6 Å². The number of nitrogens with zero attached hydrogens (tertiary/aromatic N) is 1. The van der Waals surface area contributed by atoms with Crippen LogP contribution < -0.4 is 0 Å². The number of alkyl halides is 2. The van der Waals surface area contributed by atoms with Gasteiger partial charge in [0.2, 0.25) is 0 Å². The third kappa shape index (κ3) is 1.14. The van der Waals surface area contributed by atoms with Crippen molar-refractivity contribution in [1.29, 1.82) is 0 Å². The number of carboxylic acid groups (broad SMARTS) is 1. The molecule has 2 aliphatic heterocycles. The first-order valence-electron chi connectivity index (χ1n) is 4.84. The van der Waals surface area contributed by atoms with Crippen LogP contribution in [0.3, 0.4) is 0 Å². The maximum absolute atomic E-state index is 13.5. The normalized spacial score (nSPS) is 35.2. The molecule has 5 nitrogen and oxygen atoms in total. The van der Waals surface area contributed by atoms with Crippen molar-refractivity contribution in [1.82, 2.24) is 4.90 Å². The van der Waals surface area contributed by atoms with E-state index in [0.717, 1.165) is 7.11 Å². The van der Waals surface area contributed by atoms with Crippen LogP contribution in [0.5, 0.6) is 0 Å². The van der Waals surface area contributed by atoms with E-state index in [0.29, 0.717) is 4.90 Å². The number of amides is 1. The van der Waals surface area contributed by atoms with Gasteiger partial charge in [-0.05, 0) is 12.8 Å². The minimum Gasteiger partial charge on any atom is -0.467 e. The second-order valence-corrected chi connectivity index (χ2v) is 4.17. The van der Waals surface area contributed by atoms with Crippen LogP contribution in [0.15, 0.2) is 0 Å². The zero-order valence-corrected chi connectivity index (χ0v) is 8.57. The molecule has 2 bridgehead atoms. The molecule has 90 valence electrons. The highest BCUT2D eigenvalue weighted by Crippen LogP contribution is 2.54. The van der Waals surface area contributed by atoms with Crippen LogP contribution in [-0.2, 0) is 9.53 Å². The molecule has 2 unspecified atom stereocenters. The molecule has 0 aromatic rings. The van der Waals surface area contributed by atoms with E-state index in [-0.39, 0.29) is 12.8 Å². The fraction of sp³-hybridized carbons (Fsp3) is 0.778. The third-order valence-corrected chi connectivity index (χ3v) is 3.39. The molecule has 0 spiro atoms. The molecule has 2 rings (SSSR count). The second-order valence-electron chi connectivity index (χ2n) is 4.17. The van der Waals surface area contributed by atoms with E-state index in [1.807, 2.05) is 0 Å². The lowest BCUT2D eigenvalue weighted by Crippen LogP contribution is -2.50. The van der Waals surface area contributed by atoms with Crippen LogP contribution in [0, 0.1) is 0 Å². The Morgan fingerprint density at radius 1 is 1.50 bits per heavy atom. The molecule has 2 aliphatic rings. The number of fused-ring (bicyclic) bond motifs is 2. The molecule has 0 aliphatic carbocycles. The van der Waals surface area contributed by atoms with Crippen molar-refractivity contribution in [3.63, 3.8) is 0 Å². The SMILES string of the molecule is COC(=O)C12CCC(N1C(=O)O)C(F)(F)C2. The van der Waals surface area contributed by atoms with E-state index in [2.05, 4.69) is 4.74 Å². The minimum atomic E-state index is -3.15. The predicted molar refractivity (Wildman–Crippen MR) is 47.2 cm³/mol. The van der Waals surface area contributed by atoms with Crippen molar-refractivity contribution in [3.8, 4) is 0 Å². The van der Waals surface area contributed by atoms with Crippen molar-refractivity contribution < 1.29 is 28.2 Å². The molecule has 2 fully saturated rings. The lowest BCUT2D eigenvalue weighted by atomic mass is 9.85. The average molecular weight is 235 g/mol. The number of ether oxygens (including phenoxy) is 1. The van der Waals surface area contributed by atoms with E-state index in [4.69, 9.17) is 5.11 Å². The van der Waals surface area contributed by atoms with E-state index in [9.17, 15) is 18.4 Å². The van der Waals surface area contributed by atoms with Gasteiger partial charge in [-0.3, -0.25) is 4.90 Å². The summed E-state index contributed by atoms with van der Waals surface area (Å²) in [5.74, 6) is -4.04. The highest BCUT2D eigenvalue weighted by atomic mass is 19.3. The van der Waals surface area contributed by atoms with Gasteiger partial charge in [-0.1, -0.05) is 0 Å². The van der Waals surface area contributed by atoms with Crippen LogP contribution in [0.2, 0.25) is 0 Å². The second kappa shape index (κ2) is 3.05. The zero-order valence-electron chi connectivity index (χ0n) is 8.57. The standard InChI is InChI=1S/C9H11F2NO4/c1-16-6(13)8-3-2-5(9(10,11)4-8)12(8)7(14)15/h5H,2-4H2,1H3,(H,14,15). The van der Waals surface area contributed by atoms with Gasteiger partial charge in [0, 0.05) is 6.42 Å². The number of esters is 1. The van der Waals surface area contributed by atoms with Crippen molar-refractivity contribution in [2.75, 3.05) is 7.11 Å². The number of methoxy groups -OCH3 is 1. The van der Waals surface area contributed by atoms with Gasteiger partial charge in [-0.2, -0.15) is 0 Å². The number of halogens is 2. The molecule has 2 saturated heterocycles. The molecule has 1 N–H and O–H groups in total. The Hall–Kier alpha value is -1.40. The molecule has 0 aromatic carbocycles. The highest BCUT2D eigenvalue weighted by Gasteiger charge is 2.71. The van der Waals surface area contributed by atoms with Gasteiger partial charge < -0.3 is 9.84 Å². The van der Waals surface area contributed by atoms with Gasteiger partial charge in [-0.15, -0.1) is 0 Å². The van der Waals surface area contributed by atoms with Crippen molar-refractivity contribution in [3.05, 3.63) is 0 Å². The molecule has 2 heterocycles. The van der Waals surface area contributed by atoms with Crippen molar-refractivity contribution >= 4 is 12.1 Å². The minimum absolute atomic E-state index is 0.00556. The smallest absolute Gasteiger partial charge is 0.408 e. The predicted octanol–water partition coefficient (Wildman–Crippen LogP) is 1.08. The molecule has 16 heavy (non-hydrogen) atoms. The number of rotatable bonds is 1. The Balaban J connectivity index is 2.44. The maximum Gasteiger partial charge on any atom is 0.408 e. The molecular weight excluding hydrogens is 224 g/mol. The van der Waals surface area contributed by atoms with E-state index >= 15 is 0 Å². The summed E-state index contributed by atoms with van der Waals surface area (Å²) in [5.41, 5.74) is -1.69. The lowest BCUT2D eigenvalue weighted by Gasteiger charge is -2.28. The van der Waals surface area contributed by atoms with Crippen LogP contribution in [0.1, 0.15) is 19.3 Å². The number of carbonyl (C=O) groups is 2. The van der Waals surface area contributed by atoms with Crippen molar-refractivity contribution in [2.45, 2.75) is 36.8 Å².